The van der Waals surface area contributed by atoms with Gasteiger partial charge in [-0.2, -0.15) is 24.4 Å². The summed E-state index contributed by atoms with van der Waals surface area (Å²) in [6.45, 7) is 9.17. The molecule has 0 radical (unpaired) electrons. The number of hydrogen-bond acceptors (Lipinski definition) is 2. The summed E-state index contributed by atoms with van der Waals surface area (Å²) in [7, 11) is 0. The molecule has 0 aromatic heterocycles. The van der Waals surface area contributed by atoms with E-state index in [1.807, 2.05) is 0 Å². The van der Waals surface area contributed by atoms with Gasteiger partial charge in [0.05, 0.1) is 0 Å². The van der Waals surface area contributed by atoms with Crippen molar-refractivity contribution in [3.8, 4) is 0 Å². The Kier molecular flexibility index (Phi) is 8.48. The van der Waals surface area contributed by atoms with Crippen LogP contribution in [0, 0.1) is 17.8 Å². The Labute approximate surface area is 93.7 Å². The minimum Gasteiger partial charge on any atom is -0.179 e. The van der Waals surface area contributed by atoms with E-state index in [1.54, 1.807) is 0 Å². The highest BCUT2D eigenvalue weighted by Gasteiger charge is 2.10. The lowest BCUT2D eigenvalue weighted by Crippen LogP contribution is -2.13. The third-order valence-corrected chi connectivity index (χ3v) is 4.01. The lowest BCUT2D eigenvalue weighted by atomic mass is 10.0. The van der Waals surface area contributed by atoms with Crippen LogP contribution in [0.3, 0.4) is 0 Å². The SMILES string of the molecule is CC(C)CCSCC(CS)C(C)C. The largest absolute Gasteiger partial charge is 0.179 e. The normalized spacial score (nSPS) is 14.1. The van der Waals surface area contributed by atoms with E-state index in [0.717, 1.165) is 23.5 Å². The van der Waals surface area contributed by atoms with Gasteiger partial charge in [0.25, 0.3) is 0 Å². The van der Waals surface area contributed by atoms with Gasteiger partial charge in [0.2, 0.25) is 0 Å². The first-order chi connectivity index (χ1) is 6.07. The maximum absolute atomic E-state index is 4.38. The van der Waals surface area contributed by atoms with Crippen molar-refractivity contribution in [2.24, 2.45) is 17.8 Å². The van der Waals surface area contributed by atoms with Crippen molar-refractivity contribution in [1.29, 1.82) is 0 Å². The monoisotopic (exact) mass is 220 g/mol. The number of rotatable bonds is 7. The molecule has 0 aliphatic carbocycles. The van der Waals surface area contributed by atoms with E-state index >= 15 is 0 Å². The first-order valence-corrected chi connectivity index (χ1v) is 7.05. The van der Waals surface area contributed by atoms with Gasteiger partial charge in [0.1, 0.15) is 0 Å². The molecule has 80 valence electrons. The topological polar surface area (TPSA) is 0 Å². The van der Waals surface area contributed by atoms with Crippen LogP contribution in [0.15, 0.2) is 0 Å². The smallest absolute Gasteiger partial charge is 0.00289 e. The number of thioether (sulfide) groups is 1. The van der Waals surface area contributed by atoms with Gasteiger partial charge in [-0.1, -0.05) is 27.7 Å². The molecule has 13 heavy (non-hydrogen) atoms. The molecule has 1 unspecified atom stereocenters. The first-order valence-electron chi connectivity index (χ1n) is 5.26. The van der Waals surface area contributed by atoms with Crippen molar-refractivity contribution in [1.82, 2.24) is 0 Å². The molecule has 0 N–H and O–H groups in total. The van der Waals surface area contributed by atoms with E-state index in [4.69, 9.17) is 0 Å². The fourth-order valence-electron chi connectivity index (χ4n) is 1.01. The van der Waals surface area contributed by atoms with Crippen molar-refractivity contribution in [3.63, 3.8) is 0 Å². The Balaban J connectivity index is 3.39. The lowest BCUT2D eigenvalue weighted by Gasteiger charge is -2.17. The Bertz CT molecular complexity index is 111. The highest BCUT2D eigenvalue weighted by atomic mass is 32.2. The van der Waals surface area contributed by atoms with Crippen molar-refractivity contribution < 1.29 is 0 Å². The molecule has 0 spiro atoms. The second-order valence-electron chi connectivity index (χ2n) is 4.44. The minimum absolute atomic E-state index is 0.782. The Hall–Kier alpha value is 0.700. The molecule has 0 rings (SSSR count). The van der Waals surface area contributed by atoms with Gasteiger partial charge in [0, 0.05) is 0 Å². The highest BCUT2D eigenvalue weighted by Crippen LogP contribution is 2.19. The molecule has 0 amide bonds. The molecular formula is C11H24S2. The molecule has 1 atom stereocenters. The van der Waals surface area contributed by atoms with Crippen molar-refractivity contribution >= 4 is 24.4 Å². The fraction of sp³-hybridized carbons (Fsp3) is 1.00. The van der Waals surface area contributed by atoms with Crippen molar-refractivity contribution in [2.75, 3.05) is 17.3 Å². The summed E-state index contributed by atoms with van der Waals surface area (Å²) in [5.74, 6) is 6.06. The van der Waals surface area contributed by atoms with E-state index in [9.17, 15) is 0 Å². The molecule has 0 nitrogen and oxygen atoms in total. The van der Waals surface area contributed by atoms with Gasteiger partial charge in [-0.3, -0.25) is 0 Å². The Morgan fingerprint density at radius 2 is 1.77 bits per heavy atom. The summed E-state index contributed by atoms with van der Waals surface area (Å²) in [6, 6.07) is 0. The van der Waals surface area contributed by atoms with Crippen LogP contribution < -0.4 is 0 Å². The summed E-state index contributed by atoms with van der Waals surface area (Å²) in [4.78, 5) is 0. The average molecular weight is 220 g/mol. The Morgan fingerprint density at radius 3 is 2.15 bits per heavy atom. The zero-order chi connectivity index (χ0) is 10.3. The van der Waals surface area contributed by atoms with E-state index in [2.05, 4.69) is 52.1 Å². The van der Waals surface area contributed by atoms with E-state index in [0.29, 0.717) is 0 Å². The van der Waals surface area contributed by atoms with Crippen LogP contribution in [-0.4, -0.2) is 17.3 Å². The van der Waals surface area contributed by atoms with Gasteiger partial charge in [-0.25, -0.2) is 0 Å². The molecule has 0 aromatic rings. The Morgan fingerprint density at radius 1 is 1.15 bits per heavy atom. The quantitative estimate of drug-likeness (QED) is 0.500. The van der Waals surface area contributed by atoms with Crippen LogP contribution in [0.1, 0.15) is 34.1 Å². The summed E-state index contributed by atoms with van der Waals surface area (Å²) in [5, 5.41) is 0. The van der Waals surface area contributed by atoms with Crippen LogP contribution in [0.2, 0.25) is 0 Å². The molecule has 0 heterocycles. The summed E-state index contributed by atoms with van der Waals surface area (Å²) in [5.41, 5.74) is 0. The van der Waals surface area contributed by atoms with Crippen LogP contribution >= 0.6 is 24.4 Å². The predicted molar refractivity (Wildman–Crippen MR) is 69.0 cm³/mol. The van der Waals surface area contributed by atoms with Crippen molar-refractivity contribution in [2.45, 2.75) is 34.1 Å². The third kappa shape index (κ3) is 7.75. The lowest BCUT2D eigenvalue weighted by molar-refractivity contribution is 0.473. The summed E-state index contributed by atoms with van der Waals surface area (Å²) < 4.78 is 0. The second kappa shape index (κ2) is 8.05. The fourth-order valence-corrected chi connectivity index (χ4v) is 3.35. The zero-order valence-electron chi connectivity index (χ0n) is 9.42. The second-order valence-corrected chi connectivity index (χ2v) is 5.96. The maximum Gasteiger partial charge on any atom is -0.00289 e. The minimum atomic E-state index is 0.782. The number of hydrogen-bond donors (Lipinski definition) is 1. The zero-order valence-corrected chi connectivity index (χ0v) is 11.1. The maximum atomic E-state index is 4.38. The van der Waals surface area contributed by atoms with Crippen LogP contribution in [0.5, 0.6) is 0 Å². The van der Waals surface area contributed by atoms with Gasteiger partial charge in [-0.15, -0.1) is 0 Å². The molecule has 0 saturated heterocycles. The molecule has 0 aliphatic heterocycles. The third-order valence-electron chi connectivity index (χ3n) is 2.35. The van der Waals surface area contributed by atoms with E-state index in [-0.39, 0.29) is 0 Å². The van der Waals surface area contributed by atoms with Crippen LogP contribution in [0.25, 0.3) is 0 Å². The average Bonchev–Trinajstić information content (AvgIpc) is 2.03. The molecule has 0 aromatic carbocycles. The predicted octanol–water partition coefficient (Wildman–Crippen LogP) is 3.97. The van der Waals surface area contributed by atoms with E-state index < -0.39 is 0 Å². The van der Waals surface area contributed by atoms with Crippen LogP contribution in [0.4, 0.5) is 0 Å². The summed E-state index contributed by atoms with van der Waals surface area (Å²) >= 11 is 6.48. The molecule has 2 heteroatoms. The first kappa shape index (κ1) is 13.7. The molecular weight excluding hydrogens is 196 g/mol. The molecule has 0 saturated carbocycles. The van der Waals surface area contributed by atoms with Gasteiger partial charge in [0.15, 0.2) is 0 Å². The van der Waals surface area contributed by atoms with Gasteiger partial charge in [-0.05, 0) is 41.4 Å². The molecule has 0 fully saturated rings. The standard InChI is InChI=1S/C11H24S2/c1-9(2)5-6-13-8-11(7-12)10(3)4/h9-12H,5-8H2,1-4H3. The van der Waals surface area contributed by atoms with E-state index in [1.165, 1.54) is 17.9 Å². The summed E-state index contributed by atoms with van der Waals surface area (Å²) in [6.07, 6.45) is 1.35. The molecule has 0 aliphatic rings. The van der Waals surface area contributed by atoms with Crippen LogP contribution in [-0.2, 0) is 0 Å². The van der Waals surface area contributed by atoms with Crippen molar-refractivity contribution in [3.05, 3.63) is 0 Å². The molecule has 0 bridgehead atoms. The van der Waals surface area contributed by atoms with Gasteiger partial charge < -0.3 is 0 Å². The van der Waals surface area contributed by atoms with Gasteiger partial charge >= 0.3 is 0 Å². The number of thiol groups is 1. The highest BCUT2D eigenvalue weighted by molar-refractivity contribution is 7.99.